The standard InChI is InChI=1S/C25H29FN2O8S/c1-2-34-23(29)13-14-28(25(24(30)27-31)16-17-3-6-21(15-17)36-25)37(32,33)22-11-9-20(10-12-22)35-19-7-4-18(26)5-8-19/h4-5,7-12,17,21,31H,2-3,6,13-16H2,1H3,(H,27,30). The van der Waals surface area contributed by atoms with Gasteiger partial charge in [0.2, 0.25) is 15.7 Å². The molecule has 3 unspecified atom stereocenters. The van der Waals surface area contributed by atoms with Crippen molar-refractivity contribution in [2.75, 3.05) is 13.2 Å². The molecule has 3 atom stereocenters. The first kappa shape index (κ1) is 27.0. The van der Waals surface area contributed by atoms with Crippen LogP contribution < -0.4 is 10.2 Å². The average Bonchev–Trinajstić information content (AvgIpc) is 3.23. The largest absolute Gasteiger partial charge is 0.466 e. The van der Waals surface area contributed by atoms with E-state index in [1.165, 1.54) is 48.5 Å². The van der Waals surface area contributed by atoms with Crippen molar-refractivity contribution in [1.82, 2.24) is 9.79 Å². The Bertz CT molecular complexity index is 1210. The number of fused-ring (bicyclic) bond motifs is 2. The Hall–Kier alpha value is -3.06. The topological polar surface area (TPSA) is 131 Å². The van der Waals surface area contributed by atoms with E-state index in [0.717, 1.165) is 10.7 Å². The van der Waals surface area contributed by atoms with Gasteiger partial charge in [-0.15, -0.1) is 0 Å². The predicted molar refractivity (Wildman–Crippen MR) is 128 cm³/mol. The van der Waals surface area contributed by atoms with Gasteiger partial charge in [-0.25, -0.2) is 18.3 Å². The highest BCUT2D eigenvalue weighted by Gasteiger charge is 2.57. The number of sulfonamides is 1. The Labute approximate surface area is 214 Å². The van der Waals surface area contributed by atoms with Gasteiger partial charge in [0.15, 0.2) is 0 Å². The molecule has 2 N–H and O–H groups in total. The zero-order chi connectivity index (χ0) is 26.6. The van der Waals surface area contributed by atoms with Crippen LogP contribution in [-0.2, 0) is 29.1 Å². The van der Waals surface area contributed by atoms with Gasteiger partial charge in [-0.3, -0.25) is 14.8 Å². The monoisotopic (exact) mass is 536 g/mol. The number of hydroxylamine groups is 1. The number of carbonyl (C=O) groups excluding carboxylic acids is 2. The molecule has 2 aromatic carbocycles. The lowest BCUT2D eigenvalue weighted by Crippen LogP contribution is -2.64. The number of esters is 1. The number of halogens is 1. The number of nitrogens with zero attached hydrogens (tertiary/aromatic N) is 1. The SMILES string of the molecule is CCOC(=O)CCN(C1(C(=O)NO)CC2CCC(C2)O1)S(=O)(=O)c1ccc(Oc2ccc(F)cc2)cc1. The van der Waals surface area contributed by atoms with Crippen LogP contribution in [0.15, 0.2) is 53.4 Å². The molecule has 12 heteroatoms. The summed E-state index contributed by atoms with van der Waals surface area (Å²) in [6.07, 6.45) is 1.45. The summed E-state index contributed by atoms with van der Waals surface area (Å²) in [7, 11) is -4.42. The minimum Gasteiger partial charge on any atom is -0.466 e. The van der Waals surface area contributed by atoms with Gasteiger partial charge >= 0.3 is 5.97 Å². The van der Waals surface area contributed by atoms with E-state index < -0.39 is 40.0 Å². The second-order valence-corrected chi connectivity index (χ2v) is 10.9. The summed E-state index contributed by atoms with van der Waals surface area (Å²) in [5.74, 6) is -1.40. The summed E-state index contributed by atoms with van der Waals surface area (Å²) >= 11 is 0. The van der Waals surface area contributed by atoms with E-state index >= 15 is 0 Å². The lowest BCUT2D eigenvalue weighted by molar-refractivity contribution is -0.201. The minimum atomic E-state index is -4.42. The van der Waals surface area contributed by atoms with Crippen LogP contribution >= 0.6 is 0 Å². The van der Waals surface area contributed by atoms with Crippen molar-refractivity contribution in [2.24, 2.45) is 5.92 Å². The highest BCUT2D eigenvalue weighted by molar-refractivity contribution is 7.89. The van der Waals surface area contributed by atoms with Gasteiger partial charge in [0.05, 0.1) is 24.0 Å². The summed E-state index contributed by atoms with van der Waals surface area (Å²) in [5.41, 5.74) is -0.466. The number of amides is 1. The van der Waals surface area contributed by atoms with Crippen molar-refractivity contribution < 1.29 is 41.8 Å². The van der Waals surface area contributed by atoms with Crippen LogP contribution in [0.2, 0.25) is 0 Å². The maximum absolute atomic E-state index is 13.9. The van der Waals surface area contributed by atoms with Crippen LogP contribution in [-0.4, -0.2) is 54.8 Å². The van der Waals surface area contributed by atoms with Crippen LogP contribution in [0.3, 0.4) is 0 Å². The van der Waals surface area contributed by atoms with E-state index in [4.69, 9.17) is 14.2 Å². The van der Waals surface area contributed by atoms with Crippen molar-refractivity contribution in [3.8, 4) is 11.5 Å². The highest BCUT2D eigenvalue weighted by Crippen LogP contribution is 2.46. The molecule has 2 aromatic rings. The van der Waals surface area contributed by atoms with Crippen LogP contribution in [0.25, 0.3) is 0 Å². The van der Waals surface area contributed by atoms with Crippen molar-refractivity contribution in [3.63, 3.8) is 0 Å². The molecule has 2 aliphatic rings. The van der Waals surface area contributed by atoms with Gasteiger partial charge < -0.3 is 14.2 Å². The number of nitrogens with one attached hydrogen (secondary N) is 1. The fourth-order valence-electron chi connectivity index (χ4n) is 4.91. The van der Waals surface area contributed by atoms with E-state index in [-0.39, 0.29) is 36.4 Å². The Morgan fingerprint density at radius 3 is 2.38 bits per heavy atom. The molecule has 1 saturated heterocycles. The van der Waals surface area contributed by atoms with E-state index in [9.17, 15) is 27.6 Å². The molecule has 0 spiro atoms. The minimum absolute atomic E-state index is 0.0165. The molecule has 1 amide bonds. The van der Waals surface area contributed by atoms with Gasteiger partial charge in [-0.05, 0) is 80.6 Å². The van der Waals surface area contributed by atoms with E-state index in [2.05, 4.69) is 0 Å². The molecule has 0 radical (unpaired) electrons. The van der Waals surface area contributed by atoms with Gasteiger partial charge in [0.1, 0.15) is 17.3 Å². The second kappa shape index (κ2) is 11.1. The second-order valence-electron chi connectivity index (χ2n) is 9.01. The van der Waals surface area contributed by atoms with Gasteiger partial charge in [0, 0.05) is 13.0 Å². The number of hydrogen-bond donors (Lipinski definition) is 2. The molecule has 1 aliphatic carbocycles. The van der Waals surface area contributed by atoms with Gasteiger partial charge in [0.25, 0.3) is 5.91 Å². The Morgan fingerprint density at radius 1 is 1.14 bits per heavy atom. The molecule has 2 bridgehead atoms. The lowest BCUT2D eigenvalue weighted by atomic mass is 9.92. The number of ether oxygens (including phenoxy) is 3. The van der Waals surface area contributed by atoms with Crippen LogP contribution in [0, 0.1) is 11.7 Å². The maximum Gasteiger partial charge on any atom is 0.307 e. The molecule has 1 saturated carbocycles. The molecule has 200 valence electrons. The molecular formula is C25H29FN2O8S. The van der Waals surface area contributed by atoms with Crippen LogP contribution in [0.1, 0.15) is 39.0 Å². The summed E-state index contributed by atoms with van der Waals surface area (Å²) < 4.78 is 58.5. The molecular weight excluding hydrogens is 507 g/mol. The van der Waals surface area contributed by atoms with Crippen molar-refractivity contribution in [2.45, 2.75) is 55.8 Å². The molecule has 2 fully saturated rings. The van der Waals surface area contributed by atoms with Crippen molar-refractivity contribution in [3.05, 3.63) is 54.3 Å². The summed E-state index contributed by atoms with van der Waals surface area (Å²) in [6.45, 7) is 1.34. The Balaban J connectivity index is 1.67. The first-order valence-corrected chi connectivity index (χ1v) is 13.5. The van der Waals surface area contributed by atoms with E-state index in [0.29, 0.717) is 24.3 Å². The summed E-state index contributed by atoms with van der Waals surface area (Å²) in [5, 5.41) is 9.55. The molecule has 10 nitrogen and oxygen atoms in total. The zero-order valence-electron chi connectivity index (χ0n) is 20.3. The van der Waals surface area contributed by atoms with Crippen LogP contribution in [0.5, 0.6) is 11.5 Å². The molecule has 37 heavy (non-hydrogen) atoms. The first-order chi connectivity index (χ1) is 17.7. The predicted octanol–water partition coefficient (Wildman–Crippen LogP) is 3.35. The number of carbonyl (C=O) groups is 2. The third-order valence-corrected chi connectivity index (χ3v) is 8.49. The van der Waals surface area contributed by atoms with Gasteiger partial charge in [-0.2, -0.15) is 4.31 Å². The normalized spacial score (nSPS) is 23.0. The number of benzene rings is 2. The summed E-state index contributed by atoms with van der Waals surface area (Å²) in [6, 6.07) is 10.8. The third-order valence-electron chi connectivity index (χ3n) is 6.56. The lowest BCUT2D eigenvalue weighted by Gasteiger charge is -2.45. The van der Waals surface area contributed by atoms with E-state index in [1.807, 2.05) is 0 Å². The number of rotatable bonds is 10. The molecule has 1 heterocycles. The van der Waals surface area contributed by atoms with Gasteiger partial charge in [-0.1, -0.05) is 0 Å². The van der Waals surface area contributed by atoms with E-state index in [1.54, 1.807) is 12.4 Å². The number of hydrogen-bond acceptors (Lipinski definition) is 8. The van der Waals surface area contributed by atoms with Crippen LogP contribution in [0.4, 0.5) is 4.39 Å². The third kappa shape index (κ3) is 5.77. The fraction of sp³-hybridized carbons (Fsp3) is 0.440. The van der Waals surface area contributed by atoms with Crippen molar-refractivity contribution in [1.29, 1.82) is 0 Å². The molecule has 0 aromatic heterocycles. The molecule has 4 rings (SSSR count). The first-order valence-electron chi connectivity index (χ1n) is 12.0. The average molecular weight is 537 g/mol. The Kier molecular flexibility index (Phi) is 8.12. The molecule has 1 aliphatic heterocycles. The van der Waals surface area contributed by atoms with Crippen molar-refractivity contribution >= 4 is 21.9 Å². The highest BCUT2D eigenvalue weighted by atomic mass is 32.2. The maximum atomic E-state index is 13.9. The fourth-order valence-corrected chi connectivity index (χ4v) is 6.57. The zero-order valence-corrected chi connectivity index (χ0v) is 21.1. The smallest absolute Gasteiger partial charge is 0.307 e. The summed E-state index contributed by atoms with van der Waals surface area (Å²) in [4.78, 5) is 25.0. The Morgan fingerprint density at radius 2 is 1.78 bits per heavy atom. The quantitative estimate of drug-likeness (QED) is 0.269.